The first-order valence-electron chi connectivity index (χ1n) is 14.3. The minimum atomic E-state index is -1.04. The fraction of sp³-hybridized carbons (Fsp3) is 0.552. The average Bonchev–Trinajstić information content (AvgIpc) is 3.63. The van der Waals surface area contributed by atoms with Gasteiger partial charge in [-0.25, -0.2) is 4.98 Å². The number of aliphatic hydroxyl groups is 1. The van der Waals surface area contributed by atoms with Crippen LogP contribution in [0.1, 0.15) is 61.3 Å². The van der Waals surface area contributed by atoms with E-state index >= 15 is 0 Å². The zero-order valence-corrected chi connectivity index (χ0v) is 23.7. The Morgan fingerprint density at radius 2 is 2.05 bits per heavy atom. The van der Waals surface area contributed by atoms with Crippen LogP contribution in [0.25, 0.3) is 11.3 Å². The van der Waals surface area contributed by atoms with Crippen molar-refractivity contribution in [2.75, 3.05) is 33.4 Å². The van der Waals surface area contributed by atoms with Gasteiger partial charge in [-0.15, -0.1) is 5.10 Å². The number of benzene rings is 1. The Balaban J connectivity index is 1.40. The van der Waals surface area contributed by atoms with E-state index in [1.807, 2.05) is 39.8 Å². The van der Waals surface area contributed by atoms with E-state index < -0.39 is 5.60 Å². The van der Waals surface area contributed by atoms with Gasteiger partial charge in [-0.2, -0.15) is 0 Å². The first-order valence-corrected chi connectivity index (χ1v) is 14.3. The van der Waals surface area contributed by atoms with Gasteiger partial charge in [0.15, 0.2) is 5.69 Å². The van der Waals surface area contributed by atoms with Gasteiger partial charge in [0.05, 0.1) is 30.9 Å². The first-order chi connectivity index (χ1) is 19.9. The molecule has 12 heteroatoms. The van der Waals surface area contributed by atoms with E-state index in [0.717, 1.165) is 30.5 Å². The third kappa shape index (κ3) is 6.50. The van der Waals surface area contributed by atoms with E-state index in [-0.39, 0.29) is 37.2 Å². The quantitative estimate of drug-likeness (QED) is 0.355. The highest BCUT2D eigenvalue weighted by Gasteiger charge is 2.42. The molecular formula is C29H39N7O5. The van der Waals surface area contributed by atoms with Crippen molar-refractivity contribution >= 4 is 11.9 Å². The number of hydrogen-bond acceptors (Lipinski definition) is 9. The Hall–Kier alpha value is -3.61. The van der Waals surface area contributed by atoms with Crippen molar-refractivity contribution in [3.63, 3.8) is 0 Å². The minimum Gasteiger partial charge on any atom is -0.459 e. The van der Waals surface area contributed by atoms with Crippen molar-refractivity contribution in [2.24, 2.45) is 0 Å². The lowest BCUT2D eigenvalue weighted by atomic mass is 9.80. The maximum Gasteiger partial charge on any atom is 0.303 e. The Morgan fingerprint density at radius 1 is 1.22 bits per heavy atom. The summed E-state index contributed by atoms with van der Waals surface area (Å²) in [5.41, 5.74) is 1.53. The number of aromatic nitrogens is 5. The van der Waals surface area contributed by atoms with Crippen molar-refractivity contribution in [2.45, 2.75) is 69.9 Å². The molecule has 2 aromatic heterocycles. The van der Waals surface area contributed by atoms with E-state index in [1.54, 1.807) is 24.3 Å². The predicted octanol–water partition coefficient (Wildman–Crippen LogP) is 2.20. The number of methoxy groups -OCH3 is 1. The van der Waals surface area contributed by atoms with E-state index in [4.69, 9.17) is 9.47 Å². The van der Waals surface area contributed by atoms with Crippen LogP contribution in [0.3, 0.4) is 0 Å². The van der Waals surface area contributed by atoms with E-state index in [1.165, 1.54) is 6.92 Å². The number of carbonyl (C=O) groups is 2. The second kappa shape index (κ2) is 12.9. The molecule has 2 N–H and O–H groups in total. The van der Waals surface area contributed by atoms with Crippen molar-refractivity contribution < 1.29 is 24.2 Å². The van der Waals surface area contributed by atoms with Gasteiger partial charge in [0.2, 0.25) is 0 Å². The summed E-state index contributed by atoms with van der Waals surface area (Å²) in [6.07, 6.45) is 7.44. The van der Waals surface area contributed by atoms with Gasteiger partial charge in [-0.05, 0) is 19.3 Å². The lowest BCUT2D eigenvalue weighted by Crippen LogP contribution is -2.54. The number of nitrogens with one attached hydrogen (secondary N) is 1. The number of carbonyl (C=O) groups excluding carboxylic acids is 2. The van der Waals surface area contributed by atoms with Gasteiger partial charge < -0.3 is 29.4 Å². The normalized spacial score (nSPS) is 23.0. The molecule has 0 bridgehead atoms. The van der Waals surface area contributed by atoms with Gasteiger partial charge in [-0.3, -0.25) is 14.3 Å². The standard InChI is InChI=1S/C29H39N7O5/c1-21(37)41-18-23-17-34(33-32-23)14-11-24-16-30-13-15-35(24)28(38)26-27(22-8-4-3-5-9-22)36(20-31-26)25-10-6-7-12-29(25,39)19-40-2/h3-5,8-9,17,20,24-25,30,39H,6-7,10-16,18-19H2,1-2H3/t24-,25-,29-/m1/s1. The maximum absolute atomic E-state index is 14.2. The number of rotatable bonds is 10. The predicted molar refractivity (Wildman–Crippen MR) is 150 cm³/mol. The van der Waals surface area contributed by atoms with Gasteiger partial charge in [0, 0.05) is 51.8 Å². The first kappa shape index (κ1) is 28.9. The molecule has 1 aliphatic carbocycles. The summed E-state index contributed by atoms with van der Waals surface area (Å²) >= 11 is 0. The zero-order valence-electron chi connectivity index (χ0n) is 23.7. The molecule has 1 saturated heterocycles. The summed E-state index contributed by atoms with van der Waals surface area (Å²) in [6, 6.07) is 9.47. The number of imidazole rings is 1. The van der Waals surface area contributed by atoms with Crippen LogP contribution in [0.5, 0.6) is 0 Å². The van der Waals surface area contributed by atoms with E-state index in [0.29, 0.717) is 50.4 Å². The maximum atomic E-state index is 14.2. The molecule has 0 radical (unpaired) electrons. The molecular weight excluding hydrogens is 526 g/mol. The van der Waals surface area contributed by atoms with Crippen LogP contribution in [-0.4, -0.2) is 91.4 Å². The molecule has 3 heterocycles. The second-order valence-corrected chi connectivity index (χ2v) is 10.9. The number of nitrogens with zero attached hydrogens (tertiary/aromatic N) is 6. The number of ether oxygens (including phenoxy) is 2. The van der Waals surface area contributed by atoms with Gasteiger partial charge in [0.25, 0.3) is 5.91 Å². The molecule has 1 amide bonds. The van der Waals surface area contributed by atoms with Crippen LogP contribution >= 0.6 is 0 Å². The Bertz CT molecular complexity index is 1320. The largest absolute Gasteiger partial charge is 0.459 e. The van der Waals surface area contributed by atoms with Crippen LogP contribution in [0, 0.1) is 0 Å². The SMILES string of the molecule is COC[C@]1(O)CCCC[C@H]1n1cnc(C(=O)N2CCNC[C@H]2CCn2cc(COC(C)=O)nn2)c1-c1ccccc1. The molecule has 5 rings (SSSR count). The molecule has 3 aromatic rings. The minimum absolute atomic E-state index is 0.0775. The van der Waals surface area contributed by atoms with Crippen molar-refractivity contribution in [1.82, 2.24) is 34.8 Å². The van der Waals surface area contributed by atoms with Crippen molar-refractivity contribution in [1.29, 1.82) is 0 Å². The summed E-state index contributed by atoms with van der Waals surface area (Å²) in [5.74, 6) is -0.500. The Labute approximate surface area is 239 Å². The van der Waals surface area contributed by atoms with Crippen molar-refractivity contribution in [3.05, 3.63) is 54.2 Å². The van der Waals surface area contributed by atoms with E-state index in [9.17, 15) is 14.7 Å². The smallest absolute Gasteiger partial charge is 0.303 e. The van der Waals surface area contributed by atoms with Gasteiger partial charge in [0.1, 0.15) is 17.9 Å². The van der Waals surface area contributed by atoms with Crippen LogP contribution in [0.15, 0.2) is 42.9 Å². The van der Waals surface area contributed by atoms with Crippen LogP contribution in [0.4, 0.5) is 0 Å². The molecule has 41 heavy (non-hydrogen) atoms. The monoisotopic (exact) mass is 565 g/mol. The van der Waals surface area contributed by atoms with Crippen molar-refractivity contribution in [3.8, 4) is 11.3 Å². The Morgan fingerprint density at radius 3 is 2.83 bits per heavy atom. The molecule has 2 aliphatic rings. The molecule has 220 valence electrons. The topological polar surface area (TPSA) is 137 Å². The third-order valence-electron chi connectivity index (χ3n) is 8.04. The van der Waals surface area contributed by atoms with Crippen LogP contribution < -0.4 is 5.32 Å². The van der Waals surface area contributed by atoms with Crippen LogP contribution in [0.2, 0.25) is 0 Å². The summed E-state index contributed by atoms with van der Waals surface area (Å²) in [4.78, 5) is 31.9. The highest BCUT2D eigenvalue weighted by molar-refractivity contribution is 5.98. The number of hydrogen-bond donors (Lipinski definition) is 2. The molecule has 12 nitrogen and oxygen atoms in total. The van der Waals surface area contributed by atoms with Crippen LogP contribution in [-0.2, 0) is 27.4 Å². The second-order valence-electron chi connectivity index (χ2n) is 10.9. The summed E-state index contributed by atoms with van der Waals surface area (Å²) in [5, 5.41) is 23.2. The van der Waals surface area contributed by atoms with Gasteiger partial charge in [-0.1, -0.05) is 48.4 Å². The summed E-state index contributed by atoms with van der Waals surface area (Å²) < 4.78 is 14.1. The molecule has 0 unspecified atom stereocenters. The lowest BCUT2D eigenvalue weighted by Gasteiger charge is -2.41. The molecule has 3 atom stereocenters. The third-order valence-corrected chi connectivity index (χ3v) is 8.04. The fourth-order valence-electron chi connectivity index (χ4n) is 6.05. The molecule has 1 aliphatic heterocycles. The molecule has 1 aromatic carbocycles. The number of piperazine rings is 1. The Kier molecular flexibility index (Phi) is 9.11. The molecule has 2 fully saturated rings. The van der Waals surface area contributed by atoms with E-state index in [2.05, 4.69) is 20.6 Å². The van der Waals surface area contributed by atoms with Gasteiger partial charge >= 0.3 is 5.97 Å². The number of amides is 1. The number of esters is 1. The lowest BCUT2D eigenvalue weighted by molar-refractivity contribution is -0.142. The number of aryl methyl sites for hydroxylation is 1. The average molecular weight is 566 g/mol. The summed E-state index contributed by atoms with van der Waals surface area (Å²) in [7, 11) is 1.61. The highest BCUT2D eigenvalue weighted by Crippen LogP contribution is 2.41. The summed E-state index contributed by atoms with van der Waals surface area (Å²) in [6.45, 7) is 4.10. The fourth-order valence-corrected chi connectivity index (χ4v) is 6.05. The molecule has 0 spiro atoms. The highest BCUT2D eigenvalue weighted by atomic mass is 16.5. The molecule has 1 saturated carbocycles. The zero-order chi connectivity index (χ0) is 28.8.